The van der Waals surface area contributed by atoms with E-state index in [-0.39, 0.29) is 11.8 Å². The molecule has 7 heteroatoms. The van der Waals surface area contributed by atoms with Crippen LogP contribution >= 0.6 is 0 Å². The quantitative estimate of drug-likeness (QED) is 0.902. The first kappa shape index (κ1) is 13.8. The number of carbonyl (C=O) groups is 1. The molecular weight excluding hydrogens is 268 g/mol. The van der Waals surface area contributed by atoms with Crippen LogP contribution in [0.5, 0.6) is 0 Å². The van der Waals surface area contributed by atoms with Crippen LogP contribution in [0.1, 0.15) is 30.8 Å². The summed E-state index contributed by atoms with van der Waals surface area (Å²) in [6, 6.07) is 0. The van der Waals surface area contributed by atoms with Gasteiger partial charge in [0, 0.05) is 30.8 Å². The van der Waals surface area contributed by atoms with Crippen molar-refractivity contribution in [3.63, 3.8) is 0 Å². The molecule has 1 aliphatic heterocycles. The largest absolute Gasteiger partial charge is 0.338 e. The maximum absolute atomic E-state index is 12.6. The first-order valence-electron chi connectivity index (χ1n) is 7.35. The molecule has 7 nitrogen and oxygen atoms in total. The molecule has 0 bridgehead atoms. The van der Waals surface area contributed by atoms with Gasteiger partial charge < -0.3 is 4.90 Å². The Morgan fingerprint density at radius 1 is 1.52 bits per heavy atom. The Balaban J connectivity index is 1.68. The fourth-order valence-corrected chi connectivity index (χ4v) is 2.83. The topological polar surface area (TPSA) is 79.7 Å². The van der Waals surface area contributed by atoms with E-state index in [2.05, 4.69) is 27.2 Å². The van der Waals surface area contributed by atoms with Crippen molar-refractivity contribution in [1.82, 2.24) is 29.9 Å². The lowest BCUT2D eigenvalue weighted by Crippen LogP contribution is -2.40. The third-order valence-corrected chi connectivity index (χ3v) is 4.01. The molecule has 1 unspecified atom stereocenters. The summed E-state index contributed by atoms with van der Waals surface area (Å²) >= 11 is 0. The molecule has 0 aliphatic carbocycles. The number of aromatic nitrogens is 5. The molecule has 1 amide bonds. The second kappa shape index (κ2) is 5.67. The van der Waals surface area contributed by atoms with Gasteiger partial charge in [-0.2, -0.15) is 10.2 Å². The number of aryl methyl sites for hydroxylation is 1. The summed E-state index contributed by atoms with van der Waals surface area (Å²) in [4.78, 5) is 18.4. The lowest BCUT2D eigenvalue weighted by molar-refractivity contribution is -0.136. The van der Waals surface area contributed by atoms with Crippen LogP contribution in [-0.4, -0.2) is 42.3 Å². The molecule has 21 heavy (non-hydrogen) atoms. The number of nitrogens with zero attached hydrogens (tertiary/aromatic N) is 5. The fourth-order valence-electron chi connectivity index (χ4n) is 2.83. The summed E-state index contributed by atoms with van der Waals surface area (Å²) in [6.07, 6.45) is 4.87. The third-order valence-electron chi connectivity index (χ3n) is 4.01. The normalized spacial score (nSPS) is 15.8. The van der Waals surface area contributed by atoms with Crippen molar-refractivity contribution in [2.45, 2.75) is 39.8 Å². The van der Waals surface area contributed by atoms with Crippen LogP contribution in [0, 0.1) is 5.92 Å². The summed E-state index contributed by atoms with van der Waals surface area (Å²) in [5.74, 6) is 0.0598. The highest BCUT2D eigenvalue weighted by molar-refractivity contribution is 5.78. The summed E-state index contributed by atoms with van der Waals surface area (Å²) in [7, 11) is 0. The first-order chi connectivity index (χ1) is 10.2. The molecule has 2 aromatic heterocycles. The van der Waals surface area contributed by atoms with Crippen LogP contribution in [0.3, 0.4) is 0 Å². The third kappa shape index (κ3) is 2.68. The van der Waals surface area contributed by atoms with Gasteiger partial charge >= 0.3 is 0 Å². The van der Waals surface area contributed by atoms with E-state index in [1.807, 2.05) is 11.8 Å². The van der Waals surface area contributed by atoms with Crippen LogP contribution in [0.4, 0.5) is 0 Å². The Bertz CT molecular complexity index is 604. The summed E-state index contributed by atoms with van der Waals surface area (Å²) < 4.78 is 1.70. The molecule has 1 aliphatic rings. The molecule has 0 fully saturated rings. The molecule has 112 valence electrons. The molecule has 0 spiro atoms. The van der Waals surface area contributed by atoms with Gasteiger partial charge in [-0.15, -0.1) is 0 Å². The number of hydrogen-bond acceptors (Lipinski definition) is 4. The van der Waals surface area contributed by atoms with E-state index in [4.69, 9.17) is 0 Å². The van der Waals surface area contributed by atoms with Crippen molar-refractivity contribution in [1.29, 1.82) is 0 Å². The van der Waals surface area contributed by atoms with E-state index >= 15 is 0 Å². The van der Waals surface area contributed by atoms with Gasteiger partial charge in [-0.05, 0) is 6.42 Å². The Morgan fingerprint density at radius 3 is 3.10 bits per heavy atom. The number of fused-ring (bicyclic) bond motifs is 1. The number of rotatable bonds is 4. The average Bonchev–Trinajstić information content (AvgIpc) is 3.14. The summed E-state index contributed by atoms with van der Waals surface area (Å²) in [5.41, 5.74) is 3.45. The maximum Gasteiger partial charge on any atom is 0.227 e. The minimum atomic E-state index is -0.106. The molecule has 0 saturated heterocycles. The summed E-state index contributed by atoms with van der Waals surface area (Å²) in [5, 5.41) is 11.5. The first-order valence-corrected chi connectivity index (χ1v) is 7.35. The number of hydrogen-bond donors (Lipinski definition) is 1. The van der Waals surface area contributed by atoms with Gasteiger partial charge in [0.1, 0.15) is 12.7 Å². The van der Waals surface area contributed by atoms with Crippen LogP contribution in [0.15, 0.2) is 12.7 Å². The summed E-state index contributed by atoms with van der Waals surface area (Å²) in [6.45, 7) is 6.00. The van der Waals surface area contributed by atoms with Crippen molar-refractivity contribution in [3.05, 3.63) is 29.6 Å². The number of nitrogens with one attached hydrogen (secondary N) is 1. The Labute approximate surface area is 123 Å². The lowest BCUT2D eigenvalue weighted by atomic mass is 10.0. The molecular formula is C14H20N6O. The average molecular weight is 288 g/mol. The number of carbonyl (C=O) groups excluding carboxylic acids is 1. The van der Waals surface area contributed by atoms with Crippen molar-refractivity contribution >= 4 is 5.91 Å². The second-order valence-corrected chi connectivity index (χ2v) is 5.51. The van der Waals surface area contributed by atoms with E-state index in [1.54, 1.807) is 11.0 Å². The van der Waals surface area contributed by atoms with Gasteiger partial charge in [0.2, 0.25) is 5.91 Å². The molecule has 3 heterocycles. The molecule has 0 saturated carbocycles. The van der Waals surface area contributed by atoms with Gasteiger partial charge in [0.05, 0.1) is 18.2 Å². The van der Waals surface area contributed by atoms with Crippen molar-refractivity contribution in [3.8, 4) is 0 Å². The van der Waals surface area contributed by atoms with Crippen LogP contribution < -0.4 is 0 Å². The standard InChI is InChI=1S/C14H20N6O/c1-3-12-11-7-19(5-4-13(11)18-17-12)14(21)10(2)6-20-9-15-8-16-20/h8-10H,3-7H2,1-2H3,(H,17,18). The zero-order valence-electron chi connectivity index (χ0n) is 12.4. The second-order valence-electron chi connectivity index (χ2n) is 5.51. The zero-order chi connectivity index (χ0) is 14.8. The van der Waals surface area contributed by atoms with Crippen molar-refractivity contribution < 1.29 is 4.79 Å². The van der Waals surface area contributed by atoms with Gasteiger partial charge in [-0.1, -0.05) is 13.8 Å². The van der Waals surface area contributed by atoms with Crippen LogP contribution in [-0.2, 0) is 30.7 Å². The molecule has 2 aromatic rings. The Kier molecular flexibility index (Phi) is 3.72. The molecule has 0 aromatic carbocycles. The predicted molar refractivity (Wildman–Crippen MR) is 76.3 cm³/mol. The minimum absolute atomic E-state index is 0.106. The highest BCUT2D eigenvalue weighted by atomic mass is 16.2. The Hall–Kier alpha value is -2.18. The zero-order valence-corrected chi connectivity index (χ0v) is 12.4. The monoisotopic (exact) mass is 288 g/mol. The van der Waals surface area contributed by atoms with Crippen LogP contribution in [0.2, 0.25) is 0 Å². The van der Waals surface area contributed by atoms with E-state index < -0.39 is 0 Å². The van der Waals surface area contributed by atoms with E-state index in [0.29, 0.717) is 13.1 Å². The molecule has 0 radical (unpaired) electrons. The Morgan fingerprint density at radius 2 is 2.38 bits per heavy atom. The minimum Gasteiger partial charge on any atom is -0.338 e. The smallest absolute Gasteiger partial charge is 0.227 e. The van der Waals surface area contributed by atoms with E-state index in [9.17, 15) is 4.79 Å². The molecule has 3 rings (SSSR count). The lowest BCUT2D eigenvalue weighted by Gasteiger charge is -2.29. The number of amides is 1. The maximum atomic E-state index is 12.6. The van der Waals surface area contributed by atoms with E-state index in [0.717, 1.165) is 25.1 Å². The fraction of sp³-hybridized carbons (Fsp3) is 0.571. The SMILES string of the molecule is CCc1n[nH]c2c1CN(C(=O)C(C)Cn1cncn1)CC2. The van der Waals surface area contributed by atoms with Gasteiger partial charge in [0.25, 0.3) is 0 Å². The predicted octanol–water partition coefficient (Wildman–Crippen LogP) is 0.785. The van der Waals surface area contributed by atoms with Crippen molar-refractivity contribution in [2.75, 3.05) is 6.54 Å². The molecule has 1 atom stereocenters. The highest BCUT2D eigenvalue weighted by Crippen LogP contribution is 2.22. The number of H-pyrrole nitrogens is 1. The van der Waals surface area contributed by atoms with Crippen LogP contribution in [0.25, 0.3) is 0 Å². The van der Waals surface area contributed by atoms with Gasteiger partial charge in [-0.25, -0.2) is 4.98 Å². The molecule has 1 N–H and O–H groups in total. The van der Waals surface area contributed by atoms with Crippen molar-refractivity contribution in [2.24, 2.45) is 5.92 Å². The highest BCUT2D eigenvalue weighted by Gasteiger charge is 2.27. The van der Waals surface area contributed by atoms with Gasteiger partial charge in [0.15, 0.2) is 0 Å². The van der Waals surface area contributed by atoms with Gasteiger partial charge in [-0.3, -0.25) is 14.6 Å². The van der Waals surface area contributed by atoms with E-state index in [1.165, 1.54) is 17.6 Å². The number of aromatic amines is 1.